The Labute approximate surface area is 191 Å². The van der Waals surface area contributed by atoms with Crippen LogP contribution < -0.4 is 4.74 Å². The minimum atomic E-state index is 0.756. The van der Waals surface area contributed by atoms with Gasteiger partial charge < -0.3 is 4.74 Å². The van der Waals surface area contributed by atoms with Crippen LogP contribution in [0.25, 0.3) is 11.4 Å². The van der Waals surface area contributed by atoms with Crippen LogP contribution in [0.2, 0.25) is 0 Å². The van der Waals surface area contributed by atoms with Crippen LogP contribution in [0.3, 0.4) is 0 Å². The number of hydrogen-bond acceptors (Lipinski definition) is 3. The van der Waals surface area contributed by atoms with Gasteiger partial charge in [-0.2, -0.15) is 0 Å². The first-order valence-corrected chi connectivity index (χ1v) is 12.9. The van der Waals surface area contributed by atoms with E-state index in [9.17, 15) is 0 Å². The lowest BCUT2D eigenvalue weighted by molar-refractivity contribution is 0.302. The number of benzene rings is 1. The molecule has 2 rings (SSSR count). The molecule has 0 radical (unpaired) electrons. The molecule has 0 aliphatic rings. The lowest BCUT2D eigenvalue weighted by Gasteiger charge is -2.07. The Hall–Kier alpha value is -1.90. The largest absolute Gasteiger partial charge is 0.490 e. The molecule has 0 unspecified atom stereocenters. The van der Waals surface area contributed by atoms with E-state index in [-0.39, 0.29) is 0 Å². The fourth-order valence-corrected chi connectivity index (χ4v) is 3.90. The van der Waals surface area contributed by atoms with E-state index in [1.54, 1.807) is 12.4 Å². The third-order valence-corrected chi connectivity index (χ3v) is 5.93. The highest BCUT2D eigenvalue weighted by atomic mass is 16.5. The first-order valence-electron chi connectivity index (χ1n) is 12.9. The van der Waals surface area contributed by atoms with Crippen molar-refractivity contribution in [2.75, 3.05) is 6.61 Å². The van der Waals surface area contributed by atoms with Gasteiger partial charge in [-0.1, -0.05) is 115 Å². The summed E-state index contributed by atoms with van der Waals surface area (Å²) in [5.41, 5.74) is 2.46. The van der Waals surface area contributed by atoms with Crippen LogP contribution in [0.1, 0.15) is 109 Å². The van der Waals surface area contributed by atoms with Crippen molar-refractivity contribution in [1.82, 2.24) is 9.97 Å². The topological polar surface area (TPSA) is 35.0 Å². The highest BCUT2D eigenvalue weighted by molar-refractivity contribution is 5.55. The van der Waals surface area contributed by atoms with Gasteiger partial charge >= 0.3 is 0 Å². The zero-order valence-corrected chi connectivity index (χ0v) is 20.1. The molecule has 0 saturated heterocycles. The van der Waals surface area contributed by atoms with Gasteiger partial charge in [0.05, 0.1) is 19.0 Å². The number of hydrogen-bond donors (Lipinski definition) is 0. The maximum Gasteiger partial charge on any atom is 0.159 e. The van der Waals surface area contributed by atoms with Crippen molar-refractivity contribution in [1.29, 1.82) is 0 Å². The third kappa shape index (κ3) is 11.3. The Morgan fingerprint density at radius 1 is 0.613 bits per heavy atom. The number of unbranched alkanes of at least 4 members (excludes halogenated alkanes) is 12. The molecule has 0 aliphatic carbocycles. The van der Waals surface area contributed by atoms with Crippen molar-refractivity contribution in [2.45, 2.75) is 110 Å². The SMILES string of the molecule is CCCCCCCCCCCCCOc1cnc(-c2ccc(CCCCC)cc2)nc1. The molecule has 31 heavy (non-hydrogen) atoms. The maximum absolute atomic E-state index is 5.83. The molecule has 1 heterocycles. The van der Waals surface area contributed by atoms with Crippen LogP contribution in [0.5, 0.6) is 5.75 Å². The lowest BCUT2D eigenvalue weighted by Crippen LogP contribution is -1.99. The molecular formula is C28H44N2O. The number of rotatable bonds is 18. The van der Waals surface area contributed by atoms with E-state index >= 15 is 0 Å². The Bertz CT molecular complexity index is 666. The molecule has 1 aromatic carbocycles. The fourth-order valence-electron chi connectivity index (χ4n) is 3.90. The molecule has 0 saturated carbocycles. The Kier molecular flexibility index (Phi) is 13.7. The van der Waals surface area contributed by atoms with Crippen molar-refractivity contribution in [3.63, 3.8) is 0 Å². The summed E-state index contributed by atoms with van der Waals surface area (Å²) in [6.45, 7) is 5.28. The molecule has 2 aromatic rings. The van der Waals surface area contributed by atoms with E-state index in [1.165, 1.54) is 89.0 Å². The second kappa shape index (κ2) is 16.8. The van der Waals surface area contributed by atoms with Crippen molar-refractivity contribution >= 4 is 0 Å². The van der Waals surface area contributed by atoms with E-state index < -0.39 is 0 Å². The van der Waals surface area contributed by atoms with Crippen LogP contribution in [-0.2, 0) is 6.42 Å². The first-order chi connectivity index (χ1) is 15.3. The van der Waals surface area contributed by atoms with Gasteiger partial charge in [-0.3, -0.25) is 0 Å². The molecule has 1 aromatic heterocycles. The second-order valence-corrected chi connectivity index (χ2v) is 8.78. The molecule has 0 aliphatic heterocycles. The van der Waals surface area contributed by atoms with Crippen LogP contribution in [0.15, 0.2) is 36.7 Å². The van der Waals surface area contributed by atoms with Gasteiger partial charge in [-0.15, -0.1) is 0 Å². The van der Waals surface area contributed by atoms with Crippen LogP contribution in [0, 0.1) is 0 Å². The highest BCUT2D eigenvalue weighted by Gasteiger charge is 2.03. The number of aryl methyl sites for hydroxylation is 1. The summed E-state index contributed by atoms with van der Waals surface area (Å²) in [5, 5.41) is 0. The van der Waals surface area contributed by atoms with Gasteiger partial charge in [0.25, 0.3) is 0 Å². The van der Waals surface area contributed by atoms with Crippen LogP contribution >= 0.6 is 0 Å². The fraction of sp³-hybridized carbons (Fsp3) is 0.643. The number of ether oxygens (including phenoxy) is 1. The molecular weight excluding hydrogens is 380 g/mol. The minimum Gasteiger partial charge on any atom is -0.490 e. The molecule has 0 N–H and O–H groups in total. The summed E-state index contributed by atoms with van der Waals surface area (Å²) < 4.78 is 5.83. The smallest absolute Gasteiger partial charge is 0.159 e. The summed E-state index contributed by atoms with van der Waals surface area (Å²) >= 11 is 0. The summed E-state index contributed by atoms with van der Waals surface area (Å²) in [4.78, 5) is 8.99. The van der Waals surface area contributed by atoms with E-state index in [0.29, 0.717) is 0 Å². The van der Waals surface area contributed by atoms with E-state index in [0.717, 1.165) is 36.6 Å². The number of nitrogens with zero attached hydrogens (tertiary/aromatic N) is 2. The molecule has 0 fully saturated rings. The first kappa shape index (κ1) is 25.4. The predicted octanol–water partition coefficient (Wildman–Crippen LogP) is 8.57. The Morgan fingerprint density at radius 3 is 1.71 bits per heavy atom. The molecule has 172 valence electrons. The standard InChI is InChI=1S/C28H44N2O/c1-3-5-7-8-9-10-11-12-13-14-16-22-31-27-23-29-28(30-24-27)26-20-18-25(19-21-26)17-15-6-4-2/h18-21,23-24H,3-17,22H2,1-2H3. The molecule has 0 spiro atoms. The van der Waals surface area contributed by atoms with Gasteiger partial charge in [-0.25, -0.2) is 9.97 Å². The van der Waals surface area contributed by atoms with Gasteiger partial charge in [0.15, 0.2) is 11.6 Å². The van der Waals surface area contributed by atoms with Gasteiger partial charge in [-0.05, 0) is 24.8 Å². The zero-order chi connectivity index (χ0) is 22.0. The quantitative estimate of drug-likeness (QED) is 0.225. The van der Waals surface area contributed by atoms with Gasteiger partial charge in [0.2, 0.25) is 0 Å². The Morgan fingerprint density at radius 2 is 1.13 bits per heavy atom. The zero-order valence-electron chi connectivity index (χ0n) is 20.1. The third-order valence-electron chi connectivity index (χ3n) is 5.93. The van der Waals surface area contributed by atoms with Gasteiger partial charge in [0, 0.05) is 5.56 Å². The van der Waals surface area contributed by atoms with Crippen molar-refractivity contribution in [2.24, 2.45) is 0 Å². The second-order valence-electron chi connectivity index (χ2n) is 8.78. The summed E-state index contributed by atoms with van der Waals surface area (Å²) in [6.07, 6.45) is 23.4. The average Bonchev–Trinajstić information content (AvgIpc) is 2.81. The van der Waals surface area contributed by atoms with Crippen molar-refractivity contribution in [3.05, 3.63) is 42.2 Å². The maximum atomic E-state index is 5.83. The minimum absolute atomic E-state index is 0.756. The normalized spacial score (nSPS) is 11.0. The van der Waals surface area contributed by atoms with Crippen LogP contribution in [0.4, 0.5) is 0 Å². The molecule has 0 bridgehead atoms. The molecule has 0 atom stereocenters. The monoisotopic (exact) mass is 424 g/mol. The lowest BCUT2D eigenvalue weighted by atomic mass is 10.1. The summed E-state index contributed by atoms with van der Waals surface area (Å²) in [7, 11) is 0. The molecule has 3 heteroatoms. The predicted molar refractivity (Wildman–Crippen MR) is 133 cm³/mol. The van der Waals surface area contributed by atoms with E-state index in [2.05, 4.69) is 48.1 Å². The van der Waals surface area contributed by atoms with E-state index in [4.69, 9.17) is 4.74 Å². The number of aromatic nitrogens is 2. The Balaban J connectivity index is 1.55. The van der Waals surface area contributed by atoms with Crippen molar-refractivity contribution < 1.29 is 4.74 Å². The average molecular weight is 425 g/mol. The highest BCUT2D eigenvalue weighted by Crippen LogP contribution is 2.19. The van der Waals surface area contributed by atoms with E-state index in [1.807, 2.05) is 0 Å². The summed E-state index contributed by atoms with van der Waals surface area (Å²) in [6, 6.07) is 8.65. The van der Waals surface area contributed by atoms with Crippen molar-refractivity contribution in [3.8, 4) is 17.1 Å². The molecule has 3 nitrogen and oxygen atoms in total. The van der Waals surface area contributed by atoms with Crippen LogP contribution in [-0.4, -0.2) is 16.6 Å². The molecule has 0 amide bonds. The van der Waals surface area contributed by atoms with Gasteiger partial charge in [0.1, 0.15) is 0 Å². The summed E-state index contributed by atoms with van der Waals surface area (Å²) in [5.74, 6) is 1.54.